The summed E-state index contributed by atoms with van der Waals surface area (Å²) in [6.07, 6.45) is 0.750. The maximum Gasteiger partial charge on any atom is 0.240 e. The second-order valence-corrected chi connectivity index (χ2v) is 7.07. The Balaban J connectivity index is 2.87. The number of aryl methyl sites for hydroxylation is 1. The van der Waals surface area contributed by atoms with Crippen LogP contribution in [-0.2, 0) is 10.0 Å². The van der Waals surface area contributed by atoms with Crippen molar-refractivity contribution in [3.05, 3.63) is 29.3 Å². The molecule has 0 heterocycles. The Labute approximate surface area is 120 Å². The highest BCUT2D eigenvalue weighted by Crippen LogP contribution is 2.16. The molecule has 1 unspecified atom stereocenters. The van der Waals surface area contributed by atoms with E-state index in [0.29, 0.717) is 17.0 Å². The van der Waals surface area contributed by atoms with E-state index in [-0.39, 0.29) is 17.5 Å². The van der Waals surface area contributed by atoms with Gasteiger partial charge in [-0.2, -0.15) is 5.26 Å². The molecule has 0 amide bonds. The Kier molecular flexibility index (Phi) is 5.69. The molecule has 1 rings (SSSR count). The fourth-order valence-electron chi connectivity index (χ4n) is 1.94. The molecule has 110 valence electrons. The smallest absolute Gasteiger partial charge is 0.240 e. The summed E-state index contributed by atoms with van der Waals surface area (Å²) in [4.78, 5) is 0.133. The molecular formula is C14H21N3O2S. The molecule has 0 fully saturated rings. The number of sulfonamides is 1. The monoisotopic (exact) mass is 295 g/mol. The molecule has 0 aromatic heterocycles. The van der Waals surface area contributed by atoms with Crippen molar-refractivity contribution in [2.24, 2.45) is 11.7 Å². The number of nitriles is 1. The van der Waals surface area contributed by atoms with Gasteiger partial charge in [-0.05, 0) is 37.0 Å². The minimum atomic E-state index is -3.64. The van der Waals surface area contributed by atoms with E-state index in [2.05, 4.69) is 4.72 Å². The first kappa shape index (κ1) is 16.6. The lowest BCUT2D eigenvalue weighted by Gasteiger charge is -2.15. The number of nitrogens with one attached hydrogen (secondary N) is 1. The molecule has 0 bridgehead atoms. The van der Waals surface area contributed by atoms with Crippen LogP contribution in [0.3, 0.4) is 0 Å². The molecule has 0 radical (unpaired) electrons. The average molecular weight is 295 g/mol. The van der Waals surface area contributed by atoms with Gasteiger partial charge in [-0.15, -0.1) is 0 Å². The molecule has 1 aromatic rings. The van der Waals surface area contributed by atoms with Crippen molar-refractivity contribution >= 4 is 10.0 Å². The van der Waals surface area contributed by atoms with E-state index in [9.17, 15) is 8.42 Å². The minimum Gasteiger partial charge on any atom is -0.327 e. The molecule has 0 saturated carbocycles. The third-order valence-electron chi connectivity index (χ3n) is 2.92. The molecule has 3 N–H and O–H groups in total. The average Bonchev–Trinajstić information content (AvgIpc) is 2.36. The molecule has 0 aliphatic carbocycles. The fourth-order valence-corrected chi connectivity index (χ4v) is 3.31. The van der Waals surface area contributed by atoms with E-state index in [4.69, 9.17) is 11.0 Å². The number of hydrogen-bond acceptors (Lipinski definition) is 4. The Morgan fingerprint density at radius 2 is 2.05 bits per heavy atom. The highest BCUT2D eigenvalue weighted by atomic mass is 32.2. The van der Waals surface area contributed by atoms with Crippen molar-refractivity contribution < 1.29 is 8.42 Å². The first-order chi connectivity index (χ1) is 9.26. The second-order valence-electron chi connectivity index (χ2n) is 5.33. The van der Waals surface area contributed by atoms with Crippen molar-refractivity contribution in [2.75, 3.05) is 6.54 Å². The van der Waals surface area contributed by atoms with Crippen molar-refractivity contribution in [1.29, 1.82) is 5.26 Å². The van der Waals surface area contributed by atoms with Crippen LogP contribution in [-0.4, -0.2) is 21.0 Å². The van der Waals surface area contributed by atoms with Gasteiger partial charge in [0.1, 0.15) is 0 Å². The van der Waals surface area contributed by atoms with E-state index in [1.54, 1.807) is 19.1 Å². The van der Waals surface area contributed by atoms with Gasteiger partial charge in [0.15, 0.2) is 0 Å². The number of hydrogen-bond donors (Lipinski definition) is 2. The van der Waals surface area contributed by atoms with Gasteiger partial charge in [0, 0.05) is 12.6 Å². The molecule has 1 atom stereocenters. The number of rotatable bonds is 6. The van der Waals surface area contributed by atoms with E-state index in [0.717, 1.165) is 6.42 Å². The van der Waals surface area contributed by atoms with E-state index >= 15 is 0 Å². The molecule has 5 nitrogen and oxygen atoms in total. The topological polar surface area (TPSA) is 96.0 Å². The molecule has 0 aliphatic heterocycles. The van der Waals surface area contributed by atoms with Crippen molar-refractivity contribution in [1.82, 2.24) is 4.72 Å². The first-order valence-corrected chi connectivity index (χ1v) is 8.00. The zero-order valence-electron chi connectivity index (χ0n) is 12.1. The summed E-state index contributed by atoms with van der Waals surface area (Å²) in [6, 6.07) is 6.33. The Bertz CT molecular complexity index is 603. The lowest BCUT2D eigenvalue weighted by molar-refractivity contribution is 0.485. The van der Waals surface area contributed by atoms with Crippen LogP contribution >= 0.6 is 0 Å². The standard InChI is InChI=1S/C14H21N3O2S/c1-10(2)6-13(16)9-17-20(18,19)14-7-12(8-15)5-4-11(14)3/h4-5,7,10,13,17H,6,9,16H2,1-3H3. The largest absolute Gasteiger partial charge is 0.327 e. The van der Waals surface area contributed by atoms with Crippen LogP contribution in [0.2, 0.25) is 0 Å². The number of benzene rings is 1. The minimum absolute atomic E-state index is 0.133. The predicted octanol–water partition coefficient (Wildman–Crippen LogP) is 1.52. The maximum absolute atomic E-state index is 12.2. The van der Waals surface area contributed by atoms with Gasteiger partial charge in [0.25, 0.3) is 0 Å². The van der Waals surface area contributed by atoms with Gasteiger partial charge < -0.3 is 5.73 Å². The lowest BCUT2D eigenvalue weighted by Crippen LogP contribution is -2.38. The Morgan fingerprint density at radius 1 is 1.40 bits per heavy atom. The summed E-state index contributed by atoms with van der Waals surface area (Å²) < 4.78 is 27.0. The van der Waals surface area contributed by atoms with Gasteiger partial charge in [0.05, 0.1) is 16.5 Å². The molecule has 1 aromatic carbocycles. The molecule has 20 heavy (non-hydrogen) atoms. The third-order valence-corrected chi connectivity index (χ3v) is 4.48. The lowest BCUT2D eigenvalue weighted by atomic mass is 10.1. The summed E-state index contributed by atoms with van der Waals surface area (Å²) in [7, 11) is -3.64. The van der Waals surface area contributed by atoms with Gasteiger partial charge in [-0.3, -0.25) is 0 Å². The zero-order chi connectivity index (χ0) is 15.3. The number of nitrogens with zero attached hydrogens (tertiary/aromatic N) is 1. The van der Waals surface area contributed by atoms with Crippen LogP contribution in [0.25, 0.3) is 0 Å². The van der Waals surface area contributed by atoms with Crippen molar-refractivity contribution in [2.45, 2.75) is 38.1 Å². The van der Waals surface area contributed by atoms with Crippen LogP contribution in [0.1, 0.15) is 31.4 Å². The predicted molar refractivity (Wildman–Crippen MR) is 78.5 cm³/mol. The second kappa shape index (κ2) is 6.84. The highest BCUT2D eigenvalue weighted by Gasteiger charge is 2.18. The maximum atomic E-state index is 12.2. The van der Waals surface area contributed by atoms with Gasteiger partial charge >= 0.3 is 0 Å². The van der Waals surface area contributed by atoms with Crippen LogP contribution in [0, 0.1) is 24.2 Å². The molecule has 0 spiro atoms. The van der Waals surface area contributed by atoms with Gasteiger partial charge in [-0.25, -0.2) is 13.1 Å². The van der Waals surface area contributed by atoms with Crippen LogP contribution in [0.15, 0.2) is 23.1 Å². The molecule has 0 saturated heterocycles. The van der Waals surface area contributed by atoms with Crippen LogP contribution in [0.4, 0.5) is 0 Å². The normalized spacial score (nSPS) is 13.2. The Morgan fingerprint density at radius 3 is 2.60 bits per heavy atom. The quantitative estimate of drug-likeness (QED) is 0.831. The number of nitrogens with two attached hydrogens (primary N) is 1. The fraction of sp³-hybridized carbons (Fsp3) is 0.500. The molecular weight excluding hydrogens is 274 g/mol. The summed E-state index contributed by atoms with van der Waals surface area (Å²) in [5, 5.41) is 8.85. The Hall–Kier alpha value is -1.42. The van der Waals surface area contributed by atoms with Crippen molar-refractivity contribution in [3.8, 4) is 6.07 Å². The third kappa shape index (κ3) is 4.60. The van der Waals surface area contributed by atoms with E-state index < -0.39 is 10.0 Å². The van der Waals surface area contributed by atoms with Gasteiger partial charge in [0.2, 0.25) is 10.0 Å². The molecule has 6 heteroatoms. The van der Waals surface area contributed by atoms with Crippen LogP contribution < -0.4 is 10.5 Å². The SMILES string of the molecule is Cc1ccc(C#N)cc1S(=O)(=O)NCC(N)CC(C)C. The zero-order valence-corrected chi connectivity index (χ0v) is 12.9. The first-order valence-electron chi connectivity index (χ1n) is 6.52. The molecule has 0 aliphatic rings. The van der Waals surface area contributed by atoms with E-state index in [1.807, 2.05) is 19.9 Å². The van der Waals surface area contributed by atoms with Gasteiger partial charge in [-0.1, -0.05) is 19.9 Å². The van der Waals surface area contributed by atoms with Crippen LogP contribution in [0.5, 0.6) is 0 Å². The van der Waals surface area contributed by atoms with Crippen molar-refractivity contribution in [3.63, 3.8) is 0 Å². The summed E-state index contributed by atoms with van der Waals surface area (Å²) in [5.41, 5.74) is 6.80. The summed E-state index contributed by atoms with van der Waals surface area (Å²) >= 11 is 0. The summed E-state index contributed by atoms with van der Waals surface area (Å²) in [5.74, 6) is 0.415. The summed E-state index contributed by atoms with van der Waals surface area (Å²) in [6.45, 7) is 5.96. The highest BCUT2D eigenvalue weighted by molar-refractivity contribution is 7.89. The van der Waals surface area contributed by atoms with E-state index in [1.165, 1.54) is 6.07 Å².